The lowest BCUT2D eigenvalue weighted by atomic mass is 9.97. The third kappa shape index (κ3) is 3.54. The number of halogens is 3. The molecule has 132 valence electrons. The van der Waals surface area contributed by atoms with Crippen molar-refractivity contribution < 1.29 is 18.0 Å². The summed E-state index contributed by atoms with van der Waals surface area (Å²) >= 11 is 0. The van der Waals surface area contributed by atoms with Crippen molar-refractivity contribution in [3.8, 4) is 11.1 Å². The van der Waals surface area contributed by atoms with Gasteiger partial charge in [-0.25, -0.2) is 13.2 Å². The molecule has 1 heterocycles. The molecule has 1 saturated heterocycles. The van der Waals surface area contributed by atoms with Gasteiger partial charge in [0.2, 0.25) is 0 Å². The minimum atomic E-state index is -1.49. The van der Waals surface area contributed by atoms with Crippen molar-refractivity contribution in [2.24, 2.45) is 5.73 Å². The topological polar surface area (TPSA) is 46.3 Å². The summed E-state index contributed by atoms with van der Waals surface area (Å²) in [5.41, 5.74) is 7.13. The van der Waals surface area contributed by atoms with Gasteiger partial charge in [0.25, 0.3) is 5.91 Å². The maximum absolute atomic E-state index is 13.4. The van der Waals surface area contributed by atoms with Crippen molar-refractivity contribution >= 4 is 5.91 Å². The number of hydrogen-bond donors (Lipinski definition) is 1. The monoisotopic (exact) mass is 348 g/mol. The van der Waals surface area contributed by atoms with Crippen LogP contribution in [0, 0.1) is 17.5 Å². The molecule has 2 atom stereocenters. The van der Waals surface area contributed by atoms with Crippen LogP contribution in [0.2, 0.25) is 0 Å². The van der Waals surface area contributed by atoms with E-state index in [1.54, 1.807) is 29.2 Å². The first-order valence-corrected chi connectivity index (χ1v) is 8.18. The van der Waals surface area contributed by atoms with Crippen LogP contribution in [0.4, 0.5) is 13.2 Å². The molecule has 0 aromatic heterocycles. The molecule has 1 amide bonds. The Bertz CT molecular complexity index is 769. The van der Waals surface area contributed by atoms with Gasteiger partial charge in [0, 0.05) is 24.2 Å². The van der Waals surface area contributed by atoms with E-state index < -0.39 is 17.5 Å². The predicted molar refractivity (Wildman–Crippen MR) is 89.5 cm³/mol. The second kappa shape index (κ2) is 6.88. The summed E-state index contributed by atoms with van der Waals surface area (Å²) in [7, 11) is 0. The normalized spacial score (nSPS) is 20.6. The summed E-state index contributed by atoms with van der Waals surface area (Å²) in [6.45, 7) is 2.58. The zero-order valence-electron chi connectivity index (χ0n) is 13.8. The molecule has 0 aliphatic carbocycles. The molecule has 1 aliphatic rings. The number of nitrogens with zero attached hydrogens (tertiary/aromatic N) is 1. The Kier molecular flexibility index (Phi) is 4.81. The minimum absolute atomic E-state index is 0.0659. The second-order valence-corrected chi connectivity index (χ2v) is 6.46. The van der Waals surface area contributed by atoms with E-state index in [1.165, 1.54) is 0 Å². The van der Waals surface area contributed by atoms with Crippen LogP contribution in [0.5, 0.6) is 0 Å². The first kappa shape index (κ1) is 17.5. The molecule has 0 spiro atoms. The predicted octanol–water partition coefficient (Wildman–Crippen LogP) is 3.72. The summed E-state index contributed by atoms with van der Waals surface area (Å²) in [6, 6.07) is 8.46. The Labute approximate surface area is 144 Å². The van der Waals surface area contributed by atoms with Gasteiger partial charge >= 0.3 is 0 Å². The fraction of sp³-hybridized carbons (Fsp3) is 0.316. The number of benzene rings is 2. The number of carbonyl (C=O) groups excluding carboxylic acids is 1. The van der Waals surface area contributed by atoms with E-state index in [0.717, 1.165) is 25.0 Å². The van der Waals surface area contributed by atoms with E-state index in [2.05, 4.69) is 0 Å². The van der Waals surface area contributed by atoms with Gasteiger partial charge in [0.1, 0.15) is 0 Å². The van der Waals surface area contributed by atoms with Crippen molar-refractivity contribution in [1.29, 1.82) is 0 Å². The van der Waals surface area contributed by atoms with E-state index in [-0.39, 0.29) is 23.6 Å². The average molecular weight is 348 g/mol. The molecule has 1 fully saturated rings. The van der Waals surface area contributed by atoms with Gasteiger partial charge < -0.3 is 10.6 Å². The quantitative estimate of drug-likeness (QED) is 0.841. The molecule has 25 heavy (non-hydrogen) atoms. The number of piperidine rings is 1. The minimum Gasteiger partial charge on any atom is -0.336 e. The van der Waals surface area contributed by atoms with E-state index in [9.17, 15) is 18.0 Å². The maximum atomic E-state index is 13.4. The summed E-state index contributed by atoms with van der Waals surface area (Å²) in [6.07, 6.45) is 1.53. The van der Waals surface area contributed by atoms with Gasteiger partial charge in [0.05, 0.1) is 0 Å². The summed E-state index contributed by atoms with van der Waals surface area (Å²) in [5, 5.41) is 0. The number of hydrogen-bond acceptors (Lipinski definition) is 2. The zero-order valence-corrected chi connectivity index (χ0v) is 13.8. The van der Waals surface area contributed by atoms with Crippen LogP contribution in [0.3, 0.4) is 0 Å². The third-order valence-electron chi connectivity index (χ3n) is 4.63. The van der Waals surface area contributed by atoms with Crippen molar-refractivity contribution in [2.75, 3.05) is 6.54 Å². The smallest absolute Gasteiger partial charge is 0.254 e. The molecule has 0 saturated carbocycles. The van der Waals surface area contributed by atoms with Crippen LogP contribution in [0.1, 0.15) is 30.1 Å². The fourth-order valence-corrected chi connectivity index (χ4v) is 3.20. The van der Waals surface area contributed by atoms with Crippen LogP contribution in [-0.2, 0) is 0 Å². The third-order valence-corrected chi connectivity index (χ3v) is 4.63. The van der Waals surface area contributed by atoms with Gasteiger partial charge in [-0.15, -0.1) is 0 Å². The summed E-state index contributed by atoms with van der Waals surface area (Å²) in [4.78, 5) is 14.4. The van der Waals surface area contributed by atoms with Crippen LogP contribution >= 0.6 is 0 Å². The van der Waals surface area contributed by atoms with E-state index in [0.29, 0.717) is 17.7 Å². The second-order valence-electron chi connectivity index (χ2n) is 6.46. The zero-order chi connectivity index (χ0) is 18.1. The Morgan fingerprint density at radius 1 is 1.08 bits per heavy atom. The molecule has 2 N–H and O–H groups in total. The van der Waals surface area contributed by atoms with Gasteiger partial charge in [-0.05, 0) is 55.2 Å². The summed E-state index contributed by atoms with van der Waals surface area (Å²) in [5.74, 6) is -4.07. The molecule has 2 aromatic rings. The highest BCUT2D eigenvalue weighted by atomic mass is 19.2. The number of likely N-dealkylation sites (tertiary alicyclic amines) is 1. The number of nitrogens with two attached hydrogens (primary N) is 1. The largest absolute Gasteiger partial charge is 0.336 e. The van der Waals surface area contributed by atoms with E-state index in [1.807, 2.05) is 6.92 Å². The first-order valence-electron chi connectivity index (χ1n) is 8.18. The van der Waals surface area contributed by atoms with Gasteiger partial charge in [0.15, 0.2) is 17.5 Å². The number of carbonyl (C=O) groups is 1. The van der Waals surface area contributed by atoms with Crippen LogP contribution in [0.15, 0.2) is 36.4 Å². The lowest BCUT2D eigenvalue weighted by Crippen LogP contribution is -2.48. The molecular formula is C19H19F3N2O. The molecule has 3 rings (SSSR count). The SMILES string of the molecule is C[C@@H]1C[C@@H](N)CCN1C(=O)c1ccc(-c2cc(F)c(F)c(F)c2)cc1. The number of rotatable bonds is 2. The Hall–Kier alpha value is -2.34. The standard InChI is InChI=1S/C19H19F3N2O/c1-11-8-15(23)6-7-24(11)19(25)13-4-2-12(3-5-13)14-9-16(20)18(22)17(21)10-14/h2-5,9-11,15H,6-8,23H2,1H3/t11-,15+/m1/s1. The lowest BCUT2D eigenvalue weighted by molar-refractivity contribution is 0.0619. The molecule has 0 bridgehead atoms. The van der Waals surface area contributed by atoms with Crippen molar-refractivity contribution in [2.45, 2.75) is 31.8 Å². The van der Waals surface area contributed by atoms with Crippen molar-refractivity contribution in [1.82, 2.24) is 4.90 Å². The van der Waals surface area contributed by atoms with Gasteiger partial charge in [-0.1, -0.05) is 12.1 Å². The molecule has 0 unspecified atom stereocenters. The first-order chi connectivity index (χ1) is 11.9. The molecule has 0 radical (unpaired) electrons. The summed E-state index contributed by atoms with van der Waals surface area (Å²) < 4.78 is 39.8. The molecular weight excluding hydrogens is 329 g/mol. The molecule has 6 heteroatoms. The van der Waals surface area contributed by atoms with Gasteiger partial charge in [-0.3, -0.25) is 4.79 Å². The highest BCUT2D eigenvalue weighted by Crippen LogP contribution is 2.25. The van der Waals surface area contributed by atoms with Crippen LogP contribution in [-0.4, -0.2) is 29.4 Å². The van der Waals surface area contributed by atoms with Crippen LogP contribution < -0.4 is 5.73 Å². The van der Waals surface area contributed by atoms with Crippen molar-refractivity contribution in [3.63, 3.8) is 0 Å². The Balaban J connectivity index is 1.82. The highest BCUT2D eigenvalue weighted by molar-refractivity contribution is 5.95. The average Bonchev–Trinajstić information content (AvgIpc) is 2.59. The number of amides is 1. The lowest BCUT2D eigenvalue weighted by Gasteiger charge is -2.36. The molecule has 1 aliphatic heterocycles. The van der Waals surface area contributed by atoms with Crippen molar-refractivity contribution in [3.05, 3.63) is 59.4 Å². The van der Waals surface area contributed by atoms with E-state index in [4.69, 9.17) is 5.73 Å². The van der Waals surface area contributed by atoms with Gasteiger partial charge in [-0.2, -0.15) is 0 Å². The Morgan fingerprint density at radius 2 is 1.68 bits per heavy atom. The van der Waals surface area contributed by atoms with E-state index >= 15 is 0 Å². The Morgan fingerprint density at radius 3 is 2.24 bits per heavy atom. The molecule has 3 nitrogen and oxygen atoms in total. The fourth-order valence-electron chi connectivity index (χ4n) is 3.20. The highest BCUT2D eigenvalue weighted by Gasteiger charge is 2.27. The van der Waals surface area contributed by atoms with Crippen LogP contribution in [0.25, 0.3) is 11.1 Å². The maximum Gasteiger partial charge on any atom is 0.254 e. The molecule has 2 aromatic carbocycles.